The molecule has 1 saturated heterocycles. The largest absolute Gasteiger partial charge is 0.508 e. The van der Waals surface area contributed by atoms with Gasteiger partial charge in [0.25, 0.3) is 0 Å². The van der Waals surface area contributed by atoms with Crippen molar-refractivity contribution < 1.29 is 50.0 Å². The summed E-state index contributed by atoms with van der Waals surface area (Å²) in [6.07, 6.45) is -3.09. The fourth-order valence-electron chi connectivity index (χ4n) is 7.03. The number of hydrogen-bond acceptors (Lipinski definition) is 10. The number of fused-ring (bicyclic) bond motifs is 1. The molecule has 1 aromatic carbocycles. The molecule has 0 spiro atoms. The average Bonchev–Trinajstić information content (AvgIpc) is 2.91. The quantitative estimate of drug-likeness (QED) is 0.176. The topological polar surface area (TPSA) is 177 Å². The van der Waals surface area contributed by atoms with Gasteiger partial charge in [-0.05, 0) is 63.3 Å². The first-order valence-electron chi connectivity index (χ1n) is 14.2. The number of rotatable bonds is 8. The Morgan fingerprint density at radius 3 is 2.39 bits per heavy atom. The van der Waals surface area contributed by atoms with Gasteiger partial charge < -0.3 is 45.2 Å². The van der Waals surface area contributed by atoms with E-state index in [2.05, 4.69) is 0 Å². The molecule has 7 N–H and O–H groups in total. The lowest BCUT2D eigenvalue weighted by Crippen LogP contribution is -2.65. The summed E-state index contributed by atoms with van der Waals surface area (Å²) in [6, 6.07) is 6.46. The molecule has 11 atom stereocenters. The second-order valence-corrected chi connectivity index (χ2v) is 12.6. The first-order chi connectivity index (χ1) is 19.2. The number of aromatic hydroxyl groups is 1. The molecule has 41 heavy (non-hydrogen) atoms. The lowest BCUT2D eigenvalue weighted by atomic mass is 9.48. The number of carbonyl (C=O) groups excluding carboxylic acids is 1. The number of phenols is 1. The van der Waals surface area contributed by atoms with Crippen LogP contribution in [0.3, 0.4) is 0 Å². The third kappa shape index (κ3) is 6.30. The summed E-state index contributed by atoms with van der Waals surface area (Å²) < 4.78 is 12.0. The molecule has 11 unspecified atom stereocenters. The van der Waals surface area contributed by atoms with Crippen molar-refractivity contribution in [3.05, 3.63) is 47.6 Å². The SMILES string of the molecule is CC1=CCC(O)C2(C)C(CC(=O)C=Cc3ccc(O)cc3)CC(C(C)(C)O)C(OC3OC(CO)C(O)C(O)C3O)C12. The smallest absolute Gasteiger partial charge is 0.187 e. The van der Waals surface area contributed by atoms with Crippen LogP contribution in [0.1, 0.15) is 52.5 Å². The molecule has 0 amide bonds. The van der Waals surface area contributed by atoms with Gasteiger partial charge >= 0.3 is 0 Å². The Morgan fingerprint density at radius 2 is 1.78 bits per heavy atom. The number of phenolic OH excluding ortho intramolecular Hbond substituents is 1. The number of ether oxygens (including phenoxy) is 2. The maximum atomic E-state index is 13.2. The minimum Gasteiger partial charge on any atom is -0.508 e. The summed E-state index contributed by atoms with van der Waals surface area (Å²) in [4.78, 5) is 13.2. The number of benzene rings is 1. The summed E-state index contributed by atoms with van der Waals surface area (Å²) in [6.45, 7) is 6.52. The highest BCUT2D eigenvalue weighted by Crippen LogP contribution is 2.59. The van der Waals surface area contributed by atoms with Crippen LogP contribution in [0.25, 0.3) is 6.08 Å². The Kier molecular flexibility index (Phi) is 9.47. The third-order valence-electron chi connectivity index (χ3n) is 9.53. The lowest BCUT2D eigenvalue weighted by Gasteiger charge is -2.60. The van der Waals surface area contributed by atoms with Gasteiger partial charge in [0.15, 0.2) is 12.1 Å². The van der Waals surface area contributed by atoms with Crippen molar-refractivity contribution in [3.63, 3.8) is 0 Å². The molecule has 2 fully saturated rings. The van der Waals surface area contributed by atoms with E-state index in [0.717, 1.165) is 11.1 Å². The molecule has 1 saturated carbocycles. The summed E-state index contributed by atoms with van der Waals surface area (Å²) in [5, 5.41) is 73.2. The minimum atomic E-state index is -1.62. The van der Waals surface area contributed by atoms with E-state index < -0.39 is 72.4 Å². The van der Waals surface area contributed by atoms with Crippen LogP contribution in [-0.2, 0) is 14.3 Å². The van der Waals surface area contributed by atoms with E-state index in [0.29, 0.717) is 12.8 Å². The highest BCUT2D eigenvalue weighted by atomic mass is 16.7. The molecular weight excluding hydrogens is 532 g/mol. The Balaban J connectivity index is 1.66. The predicted octanol–water partition coefficient (Wildman–Crippen LogP) is 1.29. The molecule has 2 aliphatic carbocycles. The van der Waals surface area contributed by atoms with Crippen molar-refractivity contribution in [1.82, 2.24) is 0 Å². The minimum absolute atomic E-state index is 0.116. The lowest BCUT2D eigenvalue weighted by molar-refractivity contribution is -0.332. The van der Waals surface area contributed by atoms with E-state index in [9.17, 15) is 40.5 Å². The van der Waals surface area contributed by atoms with Crippen LogP contribution in [0, 0.1) is 23.2 Å². The zero-order valence-corrected chi connectivity index (χ0v) is 24.0. The molecular formula is C31H44O10. The van der Waals surface area contributed by atoms with Crippen molar-refractivity contribution in [3.8, 4) is 5.75 Å². The van der Waals surface area contributed by atoms with Crippen molar-refractivity contribution in [2.45, 2.75) is 95.5 Å². The van der Waals surface area contributed by atoms with Crippen molar-refractivity contribution >= 4 is 11.9 Å². The first-order valence-corrected chi connectivity index (χ1v) is 14.2. The third-order valence-corrected chi connectivity index (χ3v) is 9.53. The van der Waals surface area contributed by atoms with Gasteiger partial charge in [-0.25, -0.2) is 0 Å². The molecule has 1 aromatic rings. The molecule has 0 bridgehead atoms. The van der Waals surface area contributed by atoms with Gasteiger partial charge in [0.05, 0.1) is 24.4 Å². The summed E-state index contributed by atoms with van der Waals surface area (Å²) in [5.74, 6) is -1.41. The second-order valence-electron chi connectivity index (χ2n) is 12.6. The number of aliphatic hydroxyl groups is 6. The van der Waals surface area contributed by atoms with Gasteiger partial charge in [0.1, 0.15) is 30.2 Å². The van der Waals surface area contributed by atoms with Crippen LogP contribution in [0.15, 0.2) is 42.0 Å². The Labute approximate surface area is 240 Å². The second kappa shape index (κ2) is 12.2. The Bertz CT molecular complexity index is 1120. The average molecular weight is 577 g/mol. The summed E-state index contributed by atoms with van der Waals surface area (Å²) in [7, 11) is 0. The molecule has 1 aliphatic heterocycles. The van der Waals surface area contributed by atoms with Gasteiger partial charge in [-0.3, -0.25) is 4.79 Å². The van der Waals surface area contributed by atoms with Gasteiger partial charge in [0, 0.05) is 23.7 Å². The zero-order valence-electron chi connectivity index (χ0n) is 24.0. The van der Waals surface area contributed by atoms with Gasteiger partial charge in [-0.1, -0.05) is 36.8 Å². The normalized spacial score (nSPS) is 39.8. The standard InChI is InChI=1S/C31H44O10/c1-16-5-12-23(35)31(4)18(13-20(34)11-8-17-6-9-19(33)10-7-17)14-21(30(2,3)39)28(24(16)31)41-29-27(38)26(37)25(36)22(15-32)40-29/h5-11,18,21-29,32-33,35-39H,12-15H2,1-4H3. The Morgan fingerprint density at radius 1 is 1.12 bits per heavy atom. The molecule has 0 aromatic heterocycles. The van der Waals surface area contributed by atoms with Crippen molar-refractivity contribution in [2.75, 3.05) is 6.61 Å². The van der Waals surface area contributed by atoms with E-state index in [-0.39, 0.29) is 23.9 Å². The molecule has 4 rings (SSSR count). The van der Waals surface area contributed by atoms with Gasteiger partial charge in [-0.2, -0.15) is 0 Å². The highest BCUT2D eigenvalue weighted by Gasteiger charge is 2.61. The van der Waals surface area contributed by atoms with Crippen LogP contribution < -0.4 is 0 Å². The van der Waals surface area contributed by atoms with Crippen molar-refractivity contribution in [2.24, 2.45) is 23.2 Å². The van der Waals surface area contributed by atoms with E-state index in [1.54, 1.807) is 32.1 Å². The zero-order chi connectivity index (χ0) is 30.3. The van der Waals surface area contributed by atoms with Crippen LogP contribution in [-0.4, -0.2) is 96.7 Å². The number of carbonyl (C=O) groups is 1. The fraction of sp³-hybridized carbons (Fsp3) is 0.645. The van der Waals surface area contributed by atoms with E-state index in [1.807, 2.05) is 19.9 Å². The molecule has 1 heterocycles. The van der Waals surface area contributed by atoms with Gasteiger partial charge in [-0.15, -0.1) is 0 Å². The number of ketones is 1. The van der Waals surface area contributed by atoms with E-state index >= 15 is 0 Å². The van der Waals surface area contributed by atoms with E-state index in [1.165, 1.54) is 18.2 Å². The van der Waals surface area contributed by atoms with Gasteiger partial charge in [0.2, 0.25) is 0 Å². The summed E-state index contributed by atoms with van der Waals surface area (Å²) >= 11 is 0. The van der Waals surface area contributed by atoms with E-state index in [4.69, 9.17) is 9.47 Å². The van der Waals surface area contributed by atoms with Crippen LogP contribution in [0.4, 0.5) is 0 Å². The maximum Gasteiger partial charge on any atom is 0.187 e. The highest BCUT2D eigenvalue weighted by molar-refractivity contribution is 5.93. The van der Waals surface area contributed by atoms with Crippen LogP contribution in [0.2, 0.25) is 0 Å². The first kappa shape index (κ1) is 31.8. The van der Waals surface area contributed by atoms with Crippen LogP contribution >= 0.6 is 0 Å². The molecule has 3 aliphatic rings. The molecule has 10 nitrogen and oxygen atoms in total. The predicted molar refractivity (Wildman–Crippen MR) is 149 cm³/mol. The molecule has 228 valence electrons. The number of aliphatic hydroxyl groups excluding tert-OH is 5. The summed E-state index contributed by atoms with van der Waals surface area (Å²) in [5.41, 5.74) is -0.492. The molecule has 0 radical (unpaired) electrons. The maximum absolute atomic E-state index is 13.2. The molecule has 10 heteroatoms. The fourth-order valence-corrected chi connectivity index (χ4v) is 7.03. The number of allylic oxidation sites excluding steroid dienone is 1. The number of hydrogen-bond donors (Lipinski definition) is 7. The van der Waals surface area contributed by atoms with Crippen molar-refractivity contribution in [1.29, 1.82) is 0 Å². The van der Waals surface area contributed by atoms with Crippen LogP contribution in [0.5, 0.6) is 5.75 Å². The Hall–Kier alpha value is -2.15. The monoisotopic (exact) mass is 576 g/mol.